The van der Waals surface area contributed by atoms with E-state index in [1.807, 2.05) is 0 Å². The third-order valence-corrected chi connectivity index (χ3v) is 8.99. The van der Waals surface area contributed by atoms with Crippen LogP contribution in [-0.4, -0.2) is 58.5 Å². The topological polar surface area (TPSA) is 116 Å². The molecule has 1 aliphatic rings. The Balaban J connectivity index is 1.67. The highest BCUT2D eigenvalue weighted by Crippen LogP contribution is 2.28. The molecule has 0 bridgehead atoms. The van der Waals surface area contributed by atoms with Crippen molar-refractivity contribution in [3.8, 4) is 0 Å². The third-order valence-electron chi connectivity index (χ3n) is 5.15. The SMILES string of the molecule is CN(C)S(=O)(=O)N1CCC[C@@H](C(=O)Nc2ccc(S(=O)(=O)Nc3ccc(Cl)cc3Cl)cc2)C1. The largest absolute Gasteiger partial charge is 0.326 e. The molecule has 1 atom stereocenters. The van der Waals surface area contributed by atoms with Gasteiger partial charge in [-0.3, -0.25) is 9.52 Å². The van der Waals surface area contributed by atoms with E-state index in [1.165, 1.54) is 60.9 Å². The summed E-state index contributed by atoms with van der Waals surface area (Å²) in [5, 5.41) is 3.27. The van der Waals surface area contributed by atoms with E-state index >= 15 is 0 Å². The van der Waals surface area contributed by atoms with Crippen LogP contribution in [0.2, 0.25) is 10.0 Å². The van der Waals surface area contributed by atoms with Crippen molar-refractivity contribution >= 4 is 60.7 Å². The second-order valence-corrected chi connectivity index (χ2v) is 12.4. The summed E-state index contributed by atoms with van der Waals surface area (Å²) in [5.41, 5.74) is 0.587. The number of nitrogens with one attached hydrogen (secondary N) is 2. The van der Waals surface area contributed by atoms with Crippen LogP contribution >= 0.6 is 23.2 Å². The first-order chi connectivity index (χ1) is 15.4. The first-order valence-corrected chi connectivity index (χ1v) is 13.6. The predicted molar refractivity (Wildman–Crippen MR) is 129 cm³/mol. The zero-order valence-corrected chi connectivity index (χ0v) is 21.1. The van der Waals surface area contributed by atoms with E-state index < -0.39 is 26.2 Å². The minimum Gasteiger partial charge on any atom is -0.326 e. The zero-order chi connectivity index (χ0) is 24.4. The molecular formula is C20H24Cl2N4O5S2. The fourth-order valence-electron chi connectivity index (χ4n) is 3.33. The number of hydrogen-bond acceptors (Lipinski definition) is 5. The highest BCUT2D eigenvalue weighted by molar-refractivity contribution is 7.92. The van der Waals surface area contributed by atoms with Crippen LogP contribution in [0.25, 0.3) is 0 Å². The van der Waals surface area contributed by atoms with Crippen LogP contribution in [0.1, 0.15) is 12.8 Å². The molecule has 0 unspecified atom stereocenters. The van der Waals surface area contributed by atoms with Crippen molar-refractivity contribution in [1.82, 2.24) is 8.61 Å². The lowest BCUT2D eigenvalue weighted by atomic mass is 9.99. The van der Waals surface area contributed by atoms with Gasteiger partial charge in [0, 0.05) is 37.9 Å². The Morgan fingerprint density at radius 2 is 1.73 bits per heavy atom. The molecule has 0 radical (unpaired) electrons. The quantitative estimate of drug-likeness (QED) is 0.565. The summed E-state index contributed by atoms with van der Waals surface area (Å²) in [4.78, 5) is 12.7. The Bertz CT molecular complexity index is 1240. The van der Waals surface area contributed by atoms with Crippen LogP contribution in [0.3, 0.4) is 0 Å². The van der Waals surface area contributed by atoms with Crippen LogP contribution in [0.5, 0.6) is 0 Å². The molecule has 0 aliphatic carbocycles. The number of piperidine rings is 1. The highest BCUT2D eigenvalue weighted by Gasteiger charge is 2.33. The number of benzene rings is 2. The molecule has 0 spiro atoms. The molecule has 1 fully saturated rings. The van der Waals surface area contributed by atoms with Crippen molar-refractivity contribution < 1.29 is 21.6 Å². The fraction of sp³-hybridized carbons (Fsp3) is 0.350. The molecule has 0 aromatic heterocycles. The van der Waals surface area contributed by atoms with E-state index in [9.17, 15) is 21.6 Å². The maximum absolute atomic E-state index is 12.7. The molecule has 13 heteroatoms. The lowest BCUT2D eigenvalue weighted by molar-refractivity contribution is -0.120. The van der Waals surface area contributed by atoms with E-state index in [0.717, 1.165) is 4.31 Å². The van der Waals surface area contributed by atoms with Crippen molar-refractivity contribution in [2.75, 3.05) is 37.2 Å². The number of carbonyl (C=O) groups is 1. The number of halogens is 2. The third kappa shape index (κ3) is 6.17. The lowest BCUT2D eigenvalue weighted by Gasteiger charge is -2.32. The summed E-state index contributed by atoms with van der Waals surface area (Å²) in [6.45, 7) is 0.450. The van der Waals surface area contributed by atoms with Gasteiger partial charge in [-0.1, -0.05) is 23.2 Å². The predicted octanol–water partition coefficient (Wildman–Crippen LogP) is 3.25. The highest BCUT2D eigenvalue weighted by atomic mass is 35.5. The van der Waals surface area contributed by atoms with Gasteiger partial charge in [-0.15, -0.1) is 0 Å². The molecule has 9 nitrogen and oxygen atoms in total. The number of carbonyl (C=O) groups excluding carboxylic acids is 1. The van der Waals surface area contributed by atoms with E-state index in [4.69, 9.17) is 23.2 Å². The number of hydrogen-bond donors (Lipinski definition) is 2. The molecule has 1 heterocycles. The molecule has 180 valence electrons. The van der Waals surface area contributed by atoms with Crippen LogP contribution < -0.4 is 10.0 Å². The van der Waals surface area contributed by atoms with Gasteiger partial charge in [0.05, 0.1) is 21.5 Å². The van der Waals surface area contributed by atoms with Crippen molar-refractivity contribution in [3.63, 3.8) is 0 Å². The Morgan fingerprint density at radius 3 is 2.33 bits per heavy atom. The monoisotopic (exact) mass is 534 g/mol. The average molecular weight is 535 g/mol. The Kier molecular flexibility index (Phi) is 7.92. The number of amides is 1. The van der Waals surface area contributed by atoms with E-state index in [0.29, 0.717) is 30.1 Å². The average Bonchev–Trinajstić information content (AvgIpc) is 2.76. The van der Waals surface area contributed by atoms with Crippen molar-refractivity contribution in [2.24, 2.45) is 5.92 Å². The van der Waals surface area contributed by atoms with E-state index in [-0.39, 0.29) is 28.1 Å². The summed E-state index contributed by atoms with van der Waals surface area (Å²) in [6.07, 6.45) is 1.13. The van der Waals surface area contributed by atoms with Crippen LogP contribution in [0.15, 0.2) is 47.4 Å². The first-order valence-electron chi connectivity index (χ1n) is 9.96. The molecule has 0 saturated carbocycles. The second-order valence-electron chi connectivity index (χ2n) is 7.73. The van der Waals surface area contributed by atoms with Gasteiger partial charge in [0.15, 0.2) is 0 Å². The number of sulfonamides is 1. The summed E-state index contributed by atoms with van der Waals surface area (Å²) >= 11 is 11.9. The van der Waals surface area contributed by atoms with Crippen LogP contribution in [0.4, 0.5) is 11.4 Å². The van der Waals surface area contributed by atoms with Gasteiger partial charge in [-0.05, 0) is 55.3 Å². The normalized spacial score (nSPS) is 17.7. The number of nitrogens with zero attached hydrogens (tertiary/aromatic N) is 2. The summed E-state index contributed by atoms with van der Waals surface area (Å²) < 4.78 is 54.8. The molecule has 2 aromatic carbocycles. The smallest absolute Gasteiger partial charge is 0.281 e. The Hall–Kier alpha value is -1.89. The molecule has 1 aliphatic heterocycles. The van der Waals surface area contributed by atoms with Crippen molar-refractivity contribution in [2.45, 2.75) is 17.7 Å². The minimum atomic E-state index is -3.91. The number of anilines is 2. The van der Waals surface area contributed by atoms with Gasteiger partial charge >= 0.3 is 0 Å². The molecule has 2 aromatic rings. The fourth-order valence-corrected chi connectivity index (χ4v) is 6.12. The molecule has 1 amide bonds. The van der Waals surface area contributed by atoms with Crippen molar-refractivity contribution in [1.29, 1.82) is 0 Å². The lowest BCUT2D eigenvalue weighted by Crippen LogP contribution is -2.47. The van der Waals surface area contributed by atoms with Gasteiger partial charge in [0.25, 0.3) is 20.2 Å². The molecule has 1 saturated heterocycles. The van der Waals surface area contributed by atoms with Gasteiger partial charge in [0.1, 0.15) is 0 Å². The van der Waals surface area contributed by atoms with E-state index in [2.05, 4.69) is 10.0 Å². The van der Waals surface area contributed by atoms with E-state index in [1.54, 1.807) is 0 Å². The summed E-state index contributed by atoms with van der Waals surface area (Å²) in [5.74, 6) is -0.832. The molecule has 33 heavy (non-hydrogen) atoms. The second kappa shape index (κ2) is 10.2. The van der Waals surface area contributed by atoms with Gasteiger partial charge in [-0.2, -0.15) is 17.0 Å². The minimum absolute atomic E-state index is 0.0209. The van der Waals surface area contributed by atoms with Gasteiger partial charge < -0.3 is 5.32 Å². The van der Waals surface area contributed by atoms with Crippen LogP contribution in [-0.2, 0) is 25.0 Å². The van der Waals surface area contributed by atoms with Crippen LogP contribution in [0, 0.1) is 5.92 Å². The Labute approximate surface area is 203 Å². The standard InChI is InChI=1S/C20H24Cl2N4O5S2/c1-25(2)33(30,31)26-11-3-4-14(13-26)20(27)23-16-6-8-17(9-7-16)32(28,29)24-19-10-5-15(21)12-18(19)22/h5-10,12,14,24H,3-4,11,13H2,1-2H3,(H,23,27)/t14-/m1/s1. The zero-order valence-electron chi connectivity index (χ0n) is 18.0. The van der Waals surface area contributed by atoms with Gasteiger partial charge in [-0.25, -0.2) is 8.42 Å². The molecule has 3 rings (SSSR count). The number of rotatable bonds is 7. The summed E-state index contributed by atoms with van der Waals surface area (Å²) in [7, 11) is -4.61. The van der Waals surface area contributed by atoms with Gasteiger partial charge in [0.2, 0.25) is 5.91 Å². The maximum Gasteiger partial charge on any atom is 0.281 e. The Morgan fingerprint density at radius 1 is 1.06 bits per heavy atom. The van der Waals surface area contributed by atoms with Crippen molar-refractivity contribution in [3.05, 3.63) is 52.5 Å². The molecule has 2 N–H and O–H groups in total. The maximum atomic E-state index is 12.7. The molecular weight excluding hydrogens is 511 g/mol. The first kappa shape index (κ1) is 25.7. The summed E-state index contributed by atoms with van der Waals surface area (Å²) in [6, 6.07) is 10.0.